The third-order valence-corrected chi connectivity index (χ3v) is 5.16. The number of rotatable bonds is 7. The molecule has 0 saturated carbocycles. The van der Waals surface area contributed by atoms with Crippen LogP contribution in [0.25, 0.3) is 11.1 Å². The van der Waals surface area contributed by atoms with E-state index in [0.717, 1.165) is 11.1 Å². The van der Waals surface area contributed by atoms with Gasteiger partial charge in [0.1, 0.15) is 17.5 Å². The maximum atomic E-state index is 13.2. The lowest BCUT2D eigenvalue weighted by Gasteiger charge is -2.21. The third-order valence-electron chi connectivity index (χ3n) is 4.83. The summed E-state index contributed by atoms with van der Waals surface area (Å²) in [6.45, 7) is 1.84. The van der Waals surface area contributed by atoms with Crippen LogP contribution in [-0.4, -0.2) is 35.6 Å². The number of carboxylic acids is 1. The van der Waals surface area contributed by atoms with Crippen LogP contribution >= 0.6 is 11.6 Å². The molecule has 0 spiro atoms. The predicted molar refractivity (Wildman–Crippen MR) is 121 cm³/mol. The Morgan fingerprint density at radius 2 is 1.94 bits per heavy atom. The number of carbonyl (C=O) groups is 2. The van der Waals surface area contributed by atoms with Gasteiger partial charge in [-0.05, 0) is 48.9 Å². The first-order valence-corrected chi connectivity index (χ1v) is 10.1. The van der Waals surface area contributed by atoms with Crippen LogP contribution in [-0.2, 0) is 4.79 Å². The maximum absolute atomic E-state index is 13.2. The van der Waals surface area contributed by atoms with Gasteiger partial charge >= 0.3 is 5.97 Å². The van der Waals surface area contributed by atoms with E-state index in [0.29, 0.717) is 33.3 Å². The normalized spacial score (nSPS) is 10.3. The van der Waals surface area contributed by atoms with Gasteiger partial charge in [0, 0.05) is 35.0 Å². The van der Waals surface area contributed by atoms with E-state index in [-0.39, 0.29) is 18.9 Å². The Balaban J connectivity index is 1.92. The van der Waals surface area contributed by atoms with E-state index in [9.17, 15) is 9.59 Å². The second-order valence-corrected chi connectivity index (χ2v) is 7.42. The van der Waals surface area contributed by atoms with Crippen LogP contribution in [0.1, 0.15) is 28.0 Å². The van der Waals surface area contributed by atoms with Crippen molar-refractivity contribution in [1.29, 1.82) is 5.26 Å². The van der Waals surface area contributed by atoms with E-state index in [1.54, 1.807) is 61.8 Å². The van der Waals surface area contributed by atoms with E-state index in [2.05, 4.69) is 4.98 Å². The number of aromatic nitrogens is 1. The summed E-state index contributed by atoms with van der Waals surface area (Å²) in [5.74, 6) is -0.851. The summed E-state index contributed by atoms with van der Waals surface area (Å²) in [5.41, 5.74) is 3.38. The molecule has 0 fully saturated rings. The lowest BCUT2D eigenvalue weighted by atomic mass is 9.99. The summed E-state index contributed by atoms with van der Waals surface area (Å²) in [6.07, 6.45) is 1.42. The number of nitriles is 1. The third kappa shape index (κ3) is 5.05. The first-order chi connectivity index (χ1) is 15.3. The molecule has 1 aromatic heterocycles. The number of pyridine rings is 1. The highest BCUT2D eigenvalue weighted by Crippen LogP contribution is 2.33. The molecule has 1 N–H and O–H groups in total. The Hall–Kier alpha value is -3.89. The van der Waals surface area contributed by atoms with Crippen molar-refractivity contribution in [2.75, 3.05) is 18.6 Å². The Morgan fingerprint density at radius 3 is 2.62 bits per heavy atom. The zero-order valence-electron chi connectivity index (χ0n) is 17.5. The maximum Gasteiger partial charge on any atom is 0.306 e. The van der Waals surface area contributed by atoms with Crippen molar-refractivity contribution in [3.05, 3.63) is 76.6 Å². The molecule has 0 atom stereocenters. The summed E-state index contributed by atoms with van der Waals surface area (Å²) in [5, 5.41) is 18.3. The molecule has 7 nitrogen and oxygen atoms in total. The van der Waals surface area contributed by atoms with Gasteiger partial charge in [-0.1, -0.05) is 23.7 Å². The molecule has 0 radical (unpaired) electrons. The Bertz CT molecular complexity index is 1220. The number of hydrogen-bond donors (Lipinski definition) is 1. The van der Waals surface area contributed by atoms with Crippen LogP contribution in [0.5, 0.6) is 5.75 Å². The van der Waals surface area contributed by atoms with Gasteiger partial charge in [0.15, 0.2) is 0 Å². The molecule has 0 aliphatic rings. The van der Waals surface area contributed by atoms with Gasteiger partial charge in [0.2, 0.25) is 0 Å². The number of halogens is 1. The van der Waals surface area contributed by atoms with Crippen molar-refractivity contribution < 1.29 is 19.4 Å². The molecule has 0 saturated heterocycles. The number of amides is 1. The van der Waals surface area contributed by atoms with E-state index in [1.165, 1.54) is 4.90 Å². The SMILES string of the molecule is Cc1cc(C#N)ncc1-c1cc(C(=O)N(C)c2ccccc2OCCC(=O)O)ccc1Cl. The highest BCUT2D eigenvalue weighted by atomic mass is 35.5. The molecule has 2 aromatic carbocycles. The second-order valence-electron chi connectivity index (χ2n) is 7.01. The topological polar surface area (TPSA) is 104 Å². The number of aryl methyl sites for hydroxylation is 1. The molecule has 3 aromatic rings. The molecule has 1 heterocycles. The Kier molecular flexibility index (Phi) is 7.08. The van der Waals surface area contributed by atoms with E-state index >= 15 is 0 Å². The van der Waals surface area contributed by atoms with Gasteiger partial charge in [-0.15, -0.1) is 0 Å². The first kappa shape index (κ1) is 22.8. The fraction of sp³-hybridized carbons (Fsp3) is 0.167. The summed E-state index contributed by atoms with van der Waals surface area (Å²) >= 11 is 6.40. The number of aliphatic carboxylic acids is 1. The van der Waals surface area contributed by atoms with E-state index < -0.39 is 5.97 Å². The minimum absolute atomic E-state index is 0.00948. The number of nitrogens with zero attached hydrogens (tertiary/aromatic N) is 3. The van der Waals surface area contributed by atoms with Crippen molar-refractivity contribution in [3.63, 3.8) is 0 Å². The average Bonchev–Trinajstić information content (AvgIpc) is 2.78. The second kappa shape index (κ2) is 9.94. The van der Waals surface area contributed by atoms with Crippen molar-refractivity contribution >= 4 is 29.2 Å². The fourth-order valence-corrected chi connectivity index (χ4v) is 3.39. The number of para-hydroxylation sites is 2. The first-order valence-electron chi connectivity index (χ1n) is 9.70. The molecule has 1 amide bonds. The van der Waals surface area contributed by atoms with Gasteiger partial charge < -0.3 is 14.7 Å². The number of anilines is 1. The molecular formula is C24H20ClN3O4. The van der Waals surface area contributed by atoms with Crippen molar-refractivity contribution in [2.24, 2.45) is 0 Å². The van der Waals surface area contributed by atoms with Crippen LogP contribution < -0.4 is 9.64 Å². The van der Waals surface area contributed by atoms with Crippen LogP contribution in [0.3, 0.4) is 0 Å². The molecule has 8 heteroatoms. The van der Waals surface area contributed by atoms with Crippen LogP contribution in [0.4, 0.5) is 5.69 Å². The number of benzene rings is 2. The largest absolute Gasteiger partial charge is 0.491 e. The summed E-state index contributed by atoms with van der Waals surface area (Å²) in [7, 11) is 1.62. The Morgan fingerprint density at radius 1 is 1.19 bits per heavy atom. The van der Waals surface area contributed by atoms with Gasteiger partial charge in [-0.25, -0.2) is 4.98 Å². The van der Waals surface area contributed by atoms with Gasteiger partial charge in [0.05, 0.1) is 18.7 Å². The summed E-state index contributed by atoms with van der Waals surface area (Å²) < 4.78 is 5.57. The highest BCUT2D eigenvalue weighted by molar-refractivity contribution is 6.33. The van der Waals surface area contributed by atoms with Crippen molar-refractivity contribution in [3.8, 4) is 22.9 Å². The highest BCUT2D eigenvalue weighted by Gasteiger charge is 2.19. The number of carbonyl (C=O) groups excluding carboxylic acids is 1. The van der Waals surface area contributed by atoms with E-state index in [1.807, 2.05) is 13.0 Å². The van der Waals surface area contributed by atoms with Crippen molar-refractivity contribution in [1.82, 2.24) is 4.98 Å². The standard InChI is InChI=1S/C24H20ClN3O4/c1-15-11-17(13-26)27-14-19(15)18-12-16(7-8-20(18)25)24(31)28(2)21-5-3-4-6-22(21)32-10-9-23(29)30/h3-8,11-12,14H,9-10H2,1-2H3,(H,29,30). The monoisotopic (exact) mass is 449 g/mol. The lowest BCUT2D eigenvalue weighted by molar-refractivity contribution is -0.137. The van der Waals surface area contributed by atoms with Gasteiger partial charge in [-0.2, -0.15) is 5.26 Å². The number of ether oxygens (including phenoxy) is 1. The summed E-state index contributed by atoms with van der Waals surface area (Å²) in [4.78, 5) is 29.5. The molecule has 3 rings (SSSR count). The van der Waals surface area contributed by atoms with Gasteiger partial charge in [-0.3, -0.25) is 9.59 Å². The summed E-state index contributed by atoms with van der Waals surface area (Å²) in [6, 6.07) is 15.5. The average molecular weight is 450 g/mol. The molecule has 32 heavy (non-hydrogen) atoms. The number of carboxylic acid groups (broad SMARTS) is 1. The molecule has 162 valence electrons. The molecule has 0 aliphatic carbocycles. The minimum atomic E-state index is -0.965. The van der Waals surface area contributed by atoms with Crippen LogP contribution in [0.2, 0.25) is 5.02 Å². The quantitative estimate of drug-likeness (QED) is 0.560. The van der Waals surface area contributed by atoms with Crippen LogP contribution in [0, 0.1) is 18.3 Å². The Labute approximate surface area is 190 Å². The zero-order chi connectivity index (χ0) is 23.3. The number of hydrogen-bond acceptors (Lipinski definition) is 5. The molecule has 0 bridgehead atoms. The smallest absolute Gasteiger partial charge is 0.306 e. The van der Waals surface area contributed by atoms with Crippen molar-refractivity contribution in [2.45, 2.75) is 13.3 Å². The predicted octanol–water partition coefficient (Wildman–Crippen LogP) is 4.71. The molecule has 0 unspecified atom stereocenters. The fourth-order valence-electron chi connectivity index (χ4n) is 3.17. The lowest BCUT2D eigenvalue weighted by Crippen LogP contribution is -2.27. The molecule has 0 aliphatic heterocycles. The van der Waals surface area contributed by atoms with E-state index in [4.69, 9.17) is 26.7 Å². The van der Waals surface area contributed by atoms with Crippen LogP contribution in [0.15, 0.2) is 54.7 Å². The zero-order valence-corrected chi connectivity index (χ0v) is 18.3. The molecular weight excluding hydrogens is 430 g/mol. The minimum Gasteiger partial charge on any atom is -0.491 e. The van der Waals surface area contributed by atoms with Gasteiger partial charge in [0.25, 0.3) is 5.91 Å².